The van der Waals surface area contributed by atoms with Gasteiger partial charge in [0.1, 0.15) is 5.69 Å². The van der Waals surface area contributed by atoms with Gasteiger partial charge in [0.05, 0.1) is 18.1 Å². The van der Waals surface area contributed by atoms with Crippen molar-refractivity contribution in [3.05, 3.63) is 68.2 Å². The number of anilines is 1. The fraction of sp³-hybridized carbons (Fsp3) is 0.143. The summed E-state index contributed by atoms with van der Waals surface area (Å²) in [5.41, 5.74) is 7.35. The Morgan fingerprint density at radius 1 is 1.20 bits per heavy atom. The van der Waals surface area contributed by atoms with E-state index in [-0.39, 0.29) is 11.4 Å². The molecule has 0 amide bonds. The third kappa shape index (κ3) is 3.55. The van der Waals surface area contributed by atoms with Gasteiger partial charge in [-0.05, 0) is 23.3 Å². The van der Waals surface area contributed by atoms with Crippen LogP contribution in [0.2, 0.25) is 0 Å². The largest absolute Gasteiger partial charge is 0.393 e. The molecular formula is C14H13BrN2O3. The second kappa shape index (κ2) is 6.49. The topological polar surface area (TPSA) is 78.4 Å². The average molecular weight is 337 g/mol. The van der Waals surface area contributed by atoms with Crippen LogP contribution < -0.4 is 5.73 Å². The average Bonchev–Trinajstić information content (AvgIpc) is 2.42. The molecule has 0 saturated heterocycles. The van der Waals surface area contributed by atoms with E-state index in [4.69, 9.17) is 10.5 Å². The molecule has 20 heavy (non-hydrogen) atoms. The molecule has 2 aromatic carbocycles. The third-order valence-corrected chi connectivity index (χ3v) is 3.55. The number of ether oxygens (including phenoxy) is 1. The highest BCUT2D eigenvalue weighted by Crippen LogP contribution is 2.23. The van der Waals surface area contributed by atoms with E-state index in [1.807, 2.05) is 24.3 Å². The van der Waals surface area contributed by atoms with E-state index in [9.17, 15) is 10.1 Å². The van der Waals surface area contributed by atoms with Crippen molar-refractivity contribution in [2.75, 3.05) is 5.73 Å². The second-order valence-electron chi connectivity index (χ2n) is 4.23. The van der Waals surface area contributed by atoms with Crippen molar-refractivity contribution in [3.8, 4) is 0 Å². The maximum Gasteiger partial charge on any atom is 0.292 e. The van der Waals surface area contributed by atoms with Crippen LogP contribution in [0.3, 0.4) is 0 Å². The maximum atomic E-state index is 10.8. The number of hydrogen-bond acceptors (Lipinski definition) is 4. The number of nitro benzene ring substituents is 1. The first-order valence-corrected chi connectivity index (χ1v) is 6.71. The van der Waals surface area contributed by atoms with Gasteiger partial charge in [-0.2, -0.15) is 0 Å². The molecule has 0 aromatic heterocycles. The van der Waals surface area contributed by atoms with Gasteiger partial charge in [-0.15, -0.1) is 0 Å². The van der Waals surface area contributed by atoms with Gasteiger partial charge in [0, 0.05) is 10.5 Å². The Hall–Kier alpha value is -1.92. The first-order chi connectivity index (χ1) is 9.58. The molecule has 0 unspecified atom stereocenters. The van der Waals surface area contributed by atoms with Crippen molar-refractivity contribution in [2.24, 2.45) is 0 Å². The Bertz CT molecular complexity index is 632. The summed E-state index contributed by atoms with van der Waals surface area (Å²) in [6.45, 7) is 0.724. The van der Waals surface area contributed by atoms with Crippen molar-refractivity contribution in [1.82, 2.24) is 0 Å². The Kier molecular flexibility index (Phi) is 4.70. The van der Waals surface area contributed by atoms with Crippen molar-refractivity contribution < 1.29 is 9.66 Å². The lowest BCUT2D eigenvalue weighted by atomic mass is 10.2. The lowest BCUT2D eigenvalue weighted by Crippen LogP contribution is -1.99. The molecule has 0 aliphatic rings. The molecule has 0 radical (unpaired) electrons. The molecule has 5 nitrogen and oxygen atoms in total. The van der Waals surface area contributed by atoms with Crippen LogP contribution in [0.15, 0.2) is 46.9 Å². The van der Waals surface area contributed by atoms with Crippen LogP contribution in [0.1, 0.15) is 11.1 Å². The maximum absolute atomic E-state index is 10.8. The Balaban J connectivity index is 2.00. The zero-order chi connectivity index (χ0) is 14.5. The molecule has 0 fully saturated rings. The normalized spacial score (nSPS) is 10.4. The predicted octanol–water partition coefficient (Wildman–Crippen LogP) is 3.66. The van der Waals surface area contributed by atoms with E-state index in [0.29, 0.717) is 13.2 Å². The van der Waals surface area contributed by atoms with Crippen LogP contribution in [-0.2, 0) is 18.0 Å². The molecule has 6 heteroatoms. The molecule has 0 aliphatic carbocycles. The van der Waals surface area contributed by atoms with Gasteiger partial charge in [0.15, 0.2) is 0 Å². The Morgan fingerprint density at radius 3 is 2.65 bits per heavy atom. The number of nitrogen functional groups attached to an aromatic ring is 1. The first kappa shape index (κ1) is 14.5. The molecule has 104 valence electrons. The number of halogens is 1. The van der Waals surface area contributed by atoms with Crippen molar-refractivity contribution in [2.45, 2.75) is 13.2 Å². The lowest BCUT2D eigenvalue weighted by molar-refractivity contribution is -0.384. The molecule has 0 spiro atoms. The monoisotopic (exact) mass is 336 g/mol. The highest BCUT2D eigenvalue weighted by Gasteiger charge is 2.11. The smallest absolute Gasteiger partial charge is 0.292 e. The van der Waals surface area contributed by atoms with Gasteiger partial charge < -0.3 is 10.5 Å². The summed E-state index contributed by atoms with van der Waals surface area (Å²) >= 11 is 3.44. The highest BCUT2D eigenvalue weighted by atomic mass is 79.9. The number of nitrogens with zero attached hydrogens (tertiary/aromatic N) is 1. The fourth-order valence-electron chi connectivity index (χ4n) is 1.73. The van der Waals surface area contributed by atoms with Crippen LogP contribution >= 0.6 is 15.9 Å². The number of hydrogen-bond donors (Lipinski definition) is 1. The van der Waals surface area contributed by atoms with E-state index in [0.717, 1.165) is 15.6 Å². The number of nitrogens with two attached hydrogens (primary N) is 1. The molecule has 0 aliphatic heterocycles. The van der Waals surface area contributed by atoms with E-state index in [1.165, 1.54) is 12.1 Å². The summed E-state index contributed by atoms with van der Waals surface area (Å²) in [4.78, 5) is 10.3. The summed E-state index contributed by atoms with van der Waals surface area (Å²) in [5.74, 6) is 0. The molecule has 0 heterocycles. The summed E-state index contributed by atoms with van der Waals surface area (Å²) in [6, 6.07) is 12.4. The molecule has 2 aromatic rings. The first-order valence-electron chi connectivity index (χ1n) is 5.92. The van der Waals surface area contributed by atoms with E-state index in [2.05, 4.69) is 15.9 Å². The second-order valence-corrected chi connectivity index (χ2v) is 5.09. The molecule has 2 rings (SSSR count). The van der Waals surface area contributed by atoms with Crippen molar-refractivity contribution in [1.29, 1.82) is 0 Å². The minimum Gasteiger partial charge on any atom is -0.393 e. The van der Waals surface area contributed by atoms with Crippen LogP contribution in [0, 0.1) is 10.1 Å². The minimum absolute atomic E-state index is 0.0907. The molecule has 2 N–H and O–H groups in total. The van der Waals surface area contributed by atoms with Crippen LogP contribution in [-0.4, -0.2) is 4.92 Å². The van der Waals surface area contributed by atoms with Gasteiger partial charge in [-0.3, -0.25) is 10.1 Å². The van der Waals surface area contributed by atoms with Crippen LogP contribution in [0.5, 0.6) is 0 Å². The number of rotatable bonds is 5. The quantitative estimate of drug-likeness (QED) is 0.513. The fourth-order valence-corrected chi connectivity index (χ4v) is 2.13. The van der Waals surface area contributed by atoms with Crippen LogP contribution in [0.25, 0.3) is 0 Å². The van der Waals surface area contributed by atoms with Gasteiger partial charge in [-0.1, -0.05) is 40.2 Å². The predicted molar refractivity (Wildman–Crippen MR) is 80.1 cm³/mol. The van der Waals surface area contributed by atoms with E-state index in [1.54, 1.807) is 6.07 Å². The standard InChI is InChI=1S/C14H13BrN2O3/c15-12-4-2-1-3-11(12)9-20-8-10-5-6-13(16)14(7-10)17(18)19/h1-7H,8-9,16H2. The van der Waals surface area contributed by atoms with Crippen LogP contribution in [0.4, 0.5) is 11.4 Å². The summed E-state index contributed by atoms with van der Waals surface area (Å²) in [7, 11) is 0. The summed E-state index contributed by atoms with van der Waals surface area (Å²) in [6.07, 6.45) is 0. The molecule has 0 atom stereocenters. The van der Waals surface area contributed by atoms with E-state index < -0.39 is 4.92 Å². The molecule has 0 saturated carbocycles. The molecular weight excluding hydrogens is 324 g/mol. The Labute approximate surface area is 124 Å². The van der Waals surface area contributed by atoms with Gasteiger partial charge in [0.25, 0.3) is 5.69 Å². The number of benzene rings is 2. The van der Waals surface area contributed by atoms with E-state index >= 15 is 0 Å². The summed E-state index contributed by atoms with van der Waals surface area (Å²) < 4.78 is 6.54. The SMILES string of the molecule is Nc1ccc(COCc2ccccc2Br)cc1[N+](=O)[O-]. The Morgan fingerprint density at radius 2 is 1.95 bits per heavy atom. The zero-order valence-corrected chi connectivity index (χ0v) is 12.2. The molecule has 0 bridgehead atoms. The highest BCUT2D eigenvalue weighted by molar-refractivity contribution is 9.10. The van der Waals surface area contributed by atoms with Gasteiger partial charge in [-0.25, -0.2) is 0 Å². The number of nitro groups is 1. The minimum atomic E-state index is -0.493. The summed E-state index contributed by atoms with van der Waals surface area (Å²) in [5, 5.41) is 10.8. The third-order valence-electron chi connectivity index (χ3n) is 2.78. The van der Waals surface area contributed by atoms with Gasteiger partial charge in [0.2, 0.25) is 0 Å². The van der Waals surface area contributed by atoms with Crippen molar-refractivity contribution >= 4 is 27.3 Å². The zero-order valence-electron chi connectivity index (χ0n) is 10.6. The van der Waals surface area contributed by atoms with Crippen molar-refractivity contribution in [3.63, 3.8) is 0 Å². The lowest BCUT2D eigenvalue weighted by Gasteiger charge is -2.07. The van der Waals surface area contributed by atoms with Gasteiger partial charge >= 0.3 is 0 Å².